The highest BCUT2D eigenvalue weighted by Gasteiger charge is 2.47. The van der Waals surface area contributed by atoms with Crippen LogP contribution in [0.25, 0.3) is 24.3 Å². The van der Waals surface area contributed by atoms with Gasteiger partial charge in [0, 0.05) is 56.5 Å². The van der Waals surface area contributed by atoms with Crippen molar-refractivity contribution in [2.24, 2.45) is 0 Å². The van der Waals surface area contributed by atoms with Crippen LogP contribution in [0.1, 0.15) is 120 Å². The second kappa shape index (κ2) is 9.53. The molecule has 0 radical (unpaired) electrons. The Labute approximate surface area is 308 Å². The third-order valence-corrected chi connectivity index (χ3v) is 14.3. The normalized spacial score (nSPS) is 30.6. The van der Waals surface area contributed by atoms with Gasteiger partial charge in [-0.05, 0) is 68.8 Å². The first-order valence-corrected chi connectivity index (χ1v) is 19.2. The van der Waals surface area contributed by atoms with E-state index in [2.05, 4.69) is 32.1 Å². The van der Waals surface area contributed by atoms with Crippen molar-refractivity contribution in [1.29, 1.82) is 0 Å². The summed E-state index contributed by atoms with van der Waals surface area (Å²) in [6.45, 7) is 0. The molecule has 4 aromatic heterocycles. The maximum Gasteiger partial charge on any atom is 0.210 e. The van der Waals surface area contributed by atoms with E-state index >= 15 is 0 Å². The lowest BCUT2D eigenvalue weighted by atomic mass is 9.70. The molecule has 4 aromatic rings. The first-order valence-electron chi connectivity index (χ1n) is 18.3. The SMILES string of the molecule is O=C1CC2C=CC1c1c3[nH]c(c12)C=c1[nH]c(c2c1C1C=CC2C(=O)C1=O)=Cc1[nH]c(c2c1C1C=CC2SC1=O)C=c1[nH]c(c2c1C1C=CC2C(=O)C1=O)=C3. The topological polar surface area (TPSA) is 166 Å². The first kappa shape index (κ1) is 29.4. The number of ketones is 5. The van der Waals surface area contributed by atoms with Crippen LogP contribution in [0, 0.1) is 0 Å². The van der Waals surface area contributed by atoms with Gasteiger partial charge in [0.15, 0.2) is 0 Å². The molecule has 0 fully saturated rings. The van der Waals surface area contributed by atoms with Gasteiger partial charge in [0.05, 0.1) is 40.8 Å². The molecular formula is C43H26N4O6S. The third-order valence-electron chi connectivity index (χ3n) is 13.1. The zero-order valence-corrected chi connectivity index (χ0v) is 28.9. The van der Waals surface area contributed by atoms with E-state index in [-0.39, 0.29) is 22.1 Å². The number of carbonyl (C=O) groups excluding carboxylic acids is 6. The summed E-state index contributed by atoms with van der Waals surface area (Å²) >= 11 is 1.29. The number of thioether (sulfide) groups is 1. The number of Topliss-reactive ketones (excluding diaryl/α,β-unsaturated/α-hetero) is 5. The van der Waals surface area contributed by atoms with E-state index in [9.17, 15) is 28.8 Å². The molecular weight excluding hydrogens is 701 g/mol. The second-order valence-electron chi connectivity index (χ2n) is 15.7. The molecule has 8 unspecified atom stereocenters. The summed E-state index contributed by atoms with van der Waals surface area (Å²) in [4.78, 5) is 95.0. The fourth-order valence-electron chi connectivity index (χ4n) is 10.9. The van der Waals surface area contributed by atoms with Gasteiger partial charge in [-0.2, -0.15) is 0 Å². The van der Waals surface area contributed by atoms with Gasteiger partial charge in [0.25, 0.3) is 0 Å². The lowest BCUT2D eigenvalue weighted by Crippen LogP contribution is -2.39. The predicted octanol–water partition coefficient (Wildman–Crippen LogP) is 2.08. The smallest absolute Gasteiger partial charge is 0.210 e. The van der Waals surface area contributed by atoms with Gasteiger partial charge in [-0.1, -0.05) is 60.4 Å². The molecule has 0 amide bonds. The van der Waals surface area contributed by atoms with Gasteiger partial charge in [-0.15, -0.1) is 0 Å². The lowest BCUT2D eigenvalue weighted by Gasteiger charge is -2.31. The summed E-state index contributed by atoms with van der Waals surface area (Å²) in [5.74, 6) is -5.61. The van der Waals surface area contributed by atoms with E-state index in [4.69, 9.17) is 0 Å². The highest BCUT2D eigenvalue weighted by molar-refractivity contribution is 8.14. The zero-order chi connectivity index (χ0) is 36.0. The number of hydrogen-bond donors (Lipinski definition) is 4. The summed E-state index contributed by atoms with van der Waals surface area (Å²) < 4.78 is 0. The van der Waals surface area contributed by atoms with E-state index < -0.39 is 58.6 Å². The van der Waals surface area contributed by atoms with E-state index in [1.54, 1.807) is 0 Å². The molecule has 54 heavy (non-hydrogen) atoms. The number of rotatable bonds is 0. The monoisotopic (exact) mass is 726 g/mol. The van der Waals surface area contributed by atoms with Crippen molar-refractivity contribution in [2.45, 2.75) is 53.1 Å². The van der Waals surface area contributed by atoms with E-state index in [0.29, 0.717) is 27.8 Å². The highest BCUT2D eigenvalue weighted by atomic mass is 32.2. The minimum absolute atomic E-state index is 0.0565. The molecule has 7 heterocycles. The average molecular weight is 727 g/mol. The van der Waals surface area contributed by atoms with Crippen molar-refractivity contribution >= 4 is 70.1 Å². The molecule has 3 aliphatic heterocycles. The molecule has 0 spiro atoms. The van der Waals surface area contributed by atoms with Crippen LogP contribution in [-0.2, 0) is 28.8 Å². The Morgan fingerprint density at radius 2 is 0.815 bits per heavy atom. The molecule has 11 heteroatoms. The molecule has 260 valence electrons. The molecule has 13 aliphatic rings. The van der Waals surface area contributed by atoms with Gasteiger partial charge in [-0.3, -0.25) is 28.8 Å². The van der Waals surface area contributed by atoms with Gasteiger partial charge in [0.1, 0.15) is 5.78 Å². The number of H-pyrrole nitrogens is 4. The summed E-state index contributed by atoms with van der Waals surface area (Å²) in [7, 11) is 0. The summed E-state index contributed by atoms with van der Waals surface area (Å²) in [5.41, 5.74) is 9.77. The Morgan fingerprint density at radius 1 is 0.407 bits per heavy atom. The number of nitrogens with one attached hydrogen (secondary N) is 4. The molecule has 10 aliphatic carbocycles. The molecule has 17 rings (SSSR count). The number of aromatic nitrogens is 4. The number of aromatic amines is 4. The minimum atomic E-state index is -0.736. The van der Waals surface area contributed by atoms with Crippen molar-refractivity contribution < 1.29 is 28.8 Å². The van der Waals surface area contributed by atoms with E-state index in [1.807, 2.05) is 60.8 Å². The Kier molecular flexibility index (Phi) is 5.19. The molecule has 0 saturated heterocycles. The molecule has 0 aromatic carbocycles. The number of hydrogen-bond acceptors (Lipinski definition) is 7. The van der Waals surface area contributed by atoms with Crippen LogP contribution in [0.5, 0.6) is 0 Å². The maximum atomic E-state index is 13.4. The summed E-state index contributed by atoms with van der Waals surface area (Å²) in [6.07, 6.45) is 23.7. The van der Waals surface area contributed by atoms with Crippen LogP contribution < -0.4 is 21.4 Å². The molecule has 16 bridgehead atoms. The fraction of sp³-hybridized carbons (Fsp3) is 0.209. The number of fused-ring (bicyclic) bond motifs is 12. The van der Waals surface area contributed by atoms with Gasteiger partial charge in [-0.25, -0.2) is 0 Å². The van der Waals surface area contributed by atoms with E-state index in [1.165, 1.54) is 11.8 Å². The summed E-state index contributed by atoms with van der Waals surface area (Å²) in [5, 5.41) is 2.57. The predicted molar refractivity (Wildman–Crippen MR) is 197 cm³/mol. The van der Waals surface area contributed by atoms with Crippen LogP contribution in [0.15, 0.2) is 48.6 Å². The van der Waals surface area contributed by atoms with Gasteiger partial charge < -0.3 is 19.9 Å². The Bertz CT molecular complexity index is 2870. The minimum Gasteiger partial charge on any atom is -0.355 e. The fourth-order valence-corrected chi connectivity index (χ4v) is 12.1. The second-order valence-corrected chi connectivity index (χ2v) is 16.8. The molecule has 8 atom stereocenters. The van der Waals surface area contributed by atoms with Crippen molar-refractivity contribution in [2.75, 3.05) is 0 Å². The average Bonchev–Trinajstić information content (AvgIpc) is 3.93. The quantitative estimate of drug-likeness (QED) is 0.140. The Balaban J connectivity index is 1.20. The van der Waals surface area contributed by atoms with E-state index in [0.717, 1.165) is 67.3 Å². The Morgan fingerprint density at radius 3 is 1.28 bits per heavy atom. The van der Waals surface area contributed by atoms with Gasteiger partial charge >= 0.3 is 0 Å². The maximum absolute atomic E-state index is 13.4. The van der Waals surface area contributed by atoms with Crippen molar-refractivity contribution in [3.63, 3.8) is 0 Å². The van der Waals surface area contributed by atoms with Crippen molar-refractivity contribution in [3.8, 4) is 0 Å². The number of allylic oxidation sites excluding steroid dienone is 7. The largest absolute Gasteiger partial charge is 0.355 e. The highest BCUT2D eigenvalue weighted by Crippen LogP contribution is 2.52. The Hall–Kier alpha value is -6.07. The van der Waals surface area contributed by atoms with Crippen LogP contribution in [0.4, 0.5) is 0 Å². The third kappa shape index (κ3) is 3.37. The standard InChI is InChI=1S/C43H26N4O6S/c48-29-9-14-1-2-15(29)32-22-11-24-34-17-5-6-19(42(52)40(17)50)36(34)26(46-24)13-28-38-30-8-7-20(43(53)54-30)37(38)27(47-28)12-25-35-18-4-3-16(39(49)41(18)51)33(35)23(45-25)10-21(44-22)31(14)32/h1-8,10-20,30,44-47H,9H2. The summed E-state index contributed by atoms with van der Waals surface area (Å²) in [6, 6.07) is 0. The van der Waals surface area contributed by atoms with Crippen LogP contribution in [0.3, 0.4) is 0 Å². The van der Waals surface area contributed by atoms with Crippen molar-refractivity contribution in [3.05, 3.63) is 137 Å². The van der Waals surface area contributed by atoms with Crippen molar-refractivity contribution in [1.82, 2.24) is 19.9 Å². The molecule has 4 N–H and O–H groups in total. The van der Waals surface area contributed by atoms with Crippen LogP contribution in [-0.4, -0.2) is 54.0 Å². The molecule has 10 nitrogen and oxygen atoms in total. The lowest BCUT2D eigenvalue weighted by molar-refractivity contribution is -0.138. The van der Waals surface area contributed by atoms with Gasteiger partial charge in [0.2, 0.25) is 28.2 Å². The molecule has 0 saturated carbocycles. The van der Waals surface area contributed by atoms with Crippen LogP contribution >= 0.6 is 11.8 Å². The number of carbonyl (C=O) groups is 6. The zero-order valence-electron chi connectivity index (χ0n) is 28.1. The van der Waals surface area contributed by atoms with Crippen LogP contribution in [0.2, 0.25) is 0 Å². The first-order chi connectivity index (χ1) is 26.2.